The molecule has 6 nitrogen and oxygen atoms in total. The van der Waals surface area contributed by atoms with Gasteiger partial charge in [0.05, 0.1) is 30.7 Å². The lowest BCUT2D eigenvalue weighted by atomic mass is 9.97. The number of fused-ring (bicyclic) bond motifs is 1. The van der Waals surface area contributed by atoms with Crippen molar-refractivity contribution < 1.29 is 9.90 Å². The fourth-order valence-electron chi connectivity index (χ4n) is 3.22. The number of aliphatic hydroxyl groups excluding tert-OH is 1. The topological polar surface area (TPSA) is 92.3 Å². The van der Waals surface area contributed by atoms with Crippen molar-refractivity contribution >= 4 is 11.7 Å². The van der Waals surface area contributed by atoms with Crippen molar-refractivity contribution in [2.75, 3.05) is 12.3 Å². The van der Waals surface area contributed by atoms with E-state index in [0.29, 0.717) is 23.6 Å². The highest BCUT2D eigenvalue weighted by Gasteiger charge is 2.27. The zero-order chi connectivity index (χ0) is 18.1. The molecular formula is C20H18N4O2. The van der Waals surface area contributed by atoms with Gasteiger partial charge >= 0.3 is 0 Å². The number of aliphatic hydroxyl groups is 1. The minimum Gasteiger partial charge on any atom is -0.387 e. The van der Waals surface area contributed by atoms with Crippen LogP contribution in [-0.2, 0) is 6.54 Å². The Kier molecular flexibility index (Phi) is 4.10. The number of nitrogens with zero attached hydrogens (tertiary/aromatic N) is 3. The number of aromatic nitrogens is 2. The van der Waals surface area contributed by atoms with Gasteiger partial charge in [-0.3, -0.25) is 9.78 Å². The normalized spacial score (nSPS) is 16.2. The van der Waals surface area contributed by atoms with Crippen molar-refractivity contribution in [3.05, 3.63) is 77.6 Å². The predicted octanol–water partition coefficient (Wildman–Crippen LogP) is 2.42. The number of rotatable bonds is 2. The highest BCUT2D eigenvalue weighted by Crippen LogP contribution is 2.27. The van der Waals surface area contributed by atoms with E-state index in [4.69, 9.17) is 5.73 Å². The minimum absolute atomic E-state index is 0.108. The van der Waals surface area contributed by atoms with Crippen LogP contribution in [0.15, 0.2) is 60.9 Å². The molecule has 0 aliphatic carbocycles. The lowest BCUT2D eigenvalue weighted by Crippen LogP contribution is -2.38. The molecule has 0 radical (unpaired) electrons. The van der Waals surface area contributed by atoms with Crippen LogP contribution in [-0.4, -0.2) is 32.4 Å². The van der Waals surface area contributed by atoms with E-state index in [1.807, 2.05) is 36.4 Å². The molecule has 0 fully saturated rings. The molecule has 130 valence electrons. The van der Waals surface area contributed by atoms with Crippen molar-refractivity contribution in [2.24, 2.45) is 0 Å². The Morgan fingerprint density at radius 2 is 1.88 bits per heavy atom. The zero-order valence-electron chi connectivity index (χ0n) is 14.0. The van der Waals surface area contributed by atoms with Crippen LogP contribution in [0, 0.1) is 0 Å². The monoisotopic (exact) mass is 346 g/mol. The molecule has 3 N–H and O–H groups in total. The number of carbonyl (C=O) groups excluding carboxylic acids is 1. The van der Waals surface area contributed by atoms with Crippen LogP contribution in [0.3, 0.4) is 0 Å². The summed E-state index contributed by atoms with van der Waals surface area (Å²) in [7, 11) is 0. The molecule has 1 amide bonds. The van der Waals surface area contributed by atoms with Crippen LogP contribution >= 0.6 is 0 Å². The van der Waals surface area contributed by atoms with E-state index in [0.717, 1.165) is 16.7 Å². The van der Waals surface area contributed by atoms with Crippen LogP contribution in [0.2, 0.25) is 0 Å². The van der Waals surface area contributed by atoms with Gasteiger partial charge in [-0.2, -0.15) is 0 Å². The summed E-state index contributed by atoms with van der Waals surface area (Å²) in [5, 5.41) is 10.3. The summed E-state index contributed by atoms with van der Waals surface area (Å²) >= 11 is 0. The SMILES string of the molecule is Nc1cncc(-c2ccc(C(=O)N3Cc4ccccc4C(O)C3)cc2)n1. The van der Waals surface area contributed by atoms with E-state index in [2.05, 4.69) is 9.97 Å². The number of nitrogens with two attached hydrogens (primary N) is 1. The average Bonchev–Trinajstić information content (AvgIpc) is 2.67. The van der Waals surface area contributed by atoms with Gasteiger partial charge in [-0.25, -0.2) is 4.98 Å². The molecule has 1 aliphatic heterocycles. The average molecular weight is 346 g/mol. The predicted molar refractivity (Wildman–Crippen MR) is 98.0 cm³/mol. The maximum Gasteiger partial charge on any atom is 0.254 e. The fourth-order valence-corrected chi connectivity index (χ4v) is 3.22. The Morgan fingerprint density at radius 1 is 1.12 bits per heavy atom. The minimum atomic E-state index is -0.661. The summed E-state index contributed by atoms with van der Waals surface area (Å²) in [4.78, 5) is 22.8. The maximum absolute atomic E-state index is 12.8. The number of hydrogen-bond donors (Lipinski definition) is 2. The first kappa shape index (κ1) is 16.2. The van der Waals surface area contributed by atoms with Gasteiger partial charge in [0.25, 0.3) is 5.91 Å². The van der Waals surface area contributed by atoms with Gasteiger partial charge in [0.15, 0.2) is 0 Å². The first-order valence-corrected chi connectivity index (χ1v) is 8.35. The molecule has 0 spiro atoms. The summed E-state index contributed by atoms with van der Waals surface area (Å²) in [5.41, 5.74) is 9.60. The third-order valence-electron chi connectivity index (χ3n) is 4.54. The van der Waals surface area contributed by atoms with E-state index >= 15 is 0 Å². The molecule has 2 heterocycles. The number of β-amino-alcohol motifs (C(OH)–C–C–N with tert-alkyl or cyclic N) is 1. The molecule has 26 heavy (non-hydrogen) atoms. The van der Waals surface area contributed by atoms with Gasteiger partial charge < -0.3 is 15.7 Å². The molecule has 1 aliphatic rings. The Balaban J connectivity index is 1.56. The summed E-state index contributed by atoms with van der Waals surface area (Å²) in [6.45, 7) is 0.785. The van der Waals surface area contributed by atoms with Crippen molar-refractivity contribution in [3.8, 4) is 11.3 Å². The number of hydrogen-bond acceptors (Lipinski definition) is 5. The molecule has 3 aromatic rings. The molecule has 0 saturated carbocycles. The molecule has 2 aromatic carbocycles. The smallest absolute Gasteiger partial charge is 0.254 e. The molecular weight excluding hydrogens is 328 g/mol. The Bertz CT molecular complexity index is 956. The Labute approximate surface area is 150 Å². The van der Waals surface area contributed by atoms with Crippen LogP contribution in [0.25, 0.3) is 11.3 Å². The Morgan fingerprint density at radius 3 is 2.65 bits per heavy atom. The van der Waals surface area contributed by atoms with Crippen molar-refractivity contribution in [1.82, 2.24) is 14.9 Å². The maximum atomic E-state index is 12.8. The van der Waals surface area contributed by atoms with Gasteiger partial charge in [-0.1, -0.05) is 36.4 Å². The van der Waals surface area contributed by atoms with Gasteiger partial charge in [0.2, 0.25) is 0 Å². The van der Waals surface area contributed by atoms with Crippen LogP contribution in [0.4, 0.5) is 5.82 Å². The van der Waals surface area contributed by atoms with E-state index < -0.39 is 6.10 Å². The number of anilines is 1. The number of amides is 1. The largest absolute Gasteiger partial charge is 0.387 e. The van der Waals surface area contributed by atoms with E-state index in [1.54, 1.807) is 23.2 Å². The zero-order valence-corrected chi connectivity index (χ0v) is 14.0. The highest BCUT2D eigenvalue weighted by molar-refractivity contribution is 5.94. The summed E-state index contributed by atoms with van der Waals surface area (Å²) in [5.74, 6) is 0.243. The summed E-state index contributed by atoms with van der Waals surface area (Å²) in [6, 6.07) is 14.8. The third-order valence-corrected chi connectivity index (χ3v) is 4.54. The van der Waals surface area contributed by atoms with Crippen molar-refractivity contribution in [3.63, 3.8) is 0 Å². The molecule has 6 heteroatoms. The van der Waals surface area contributed by atoms with Crippen LogP contribution < -0.4 is 5.73 Å². The van der Waals surface area contributed by atoms with E-state index in [-0.39, 0.29) is 12.5 Å². The molecule has 0 saturated heterocycles. The van der Waals surface area contributed by atoms with E-state index in [1.165, 1.54) is 6.20 Å². The second-order valence-corrected chi connectivity index (χ2v) is 6.31. The van der Waals surface area contributed by atoms with E-state index in [9.17, 15) is 9.90 Å². The molecule has 1 aromatic heterocycles. The number of nitrogen functional groups attached to an aromatic ring is 1. The van der Waals surface area contributed by atoms with Gasteiger partial charge in [0, 0.05) is 17.7 Å². The molecule has 0 bridgehead atoms. The van der Waals surface area contributed by atoms with Crippen molar-refractivity contribution in [1.29, 1.82) is 0 Å². The quantitative estimate of drug-likeness (QED) is 0.743. The second kappa shape index (κ2) is 6.57. The molecule has 1 atom stereocenters. The van der Waals surface area contributed by atoms with Gasteiger partial charge in [-0.15, -0.1) is 0 Å². The first-order chi connectivity index (χ1) is 12.6. The first-order valence-electron chi connectivity index (χ1n) is 8.35. The third kappa shape index (κ3) is 3.02. The van der Waals surface area contributed by atoms with Crippen LogP contribution in [0.5, 0.6) is 0 Å². The molecule has 4 rings (SSSR count). The standard InChI is InChI=1S/C20H18N4O2/c21-19-10-22-9-17(23-19)13-5-7-14(8-6-13)20(26)24-11-15-3-1-2-4-16(15)18(25)12-24/h1-10,18,25H,11-12H2,(H2,21,23). The molecule has 1 unspecified atom stereocenters. The summed E-state index contributed by atoms with van der Waals surface area (Å²) < 4.78 is 0. The van der Waals surface area contributed by atoms with Gasteiger partial charge in [0.1, 0.15) is 5.82 Å². The summed E-state index contributed by atoms with van der Waals surface area (Å²) in [6.07, 6.45) is 2.46. The Hall–Kier alpha value is -3.25. The van der Waals surface area contributed by atoms with Gasteiger partial charge in [-0.05, 0) is 23.3 Å². The number of carbonyl (C=O) groups is 1. The van der Waals surface area contributed by atoms with Crippen LogP contribution in [0.1, 0.15) is 27.6 Å². The van der Waals surface area contributed by atoms with Crippen molar-refractivity contribution in [2.45, 2.75) is 12.6 Å². The highest BCUT2D eigenvalue weighted by atomic mass is 16.3. The number of benzene rings is 2. The lowest BCUT2D eigenvalue weighted by Gasteiger charge is -2.32. The fraction of sp³-hybridized carbons (Fsp3) is 0.150. The second-order valence-electron chi connectivity index (χ2n) is 6.31. The lowest BCUT2D eigenvalue weighted by molar-refractivity contribution is 0.0550.